The molecule has 154 valence electrons. The van der Waals surface area contributed by atoms with E-state index in [4.69, 9.17) is 4.99 Å². The molecule has 9 heteroatoms. The molecule has 0 spiro atoms. The predicted octanol–water partition coefficient (Wildman–Crippen LogP) is 4.45. The number of hydrogen-bond donors (Lipinski definition) is 0. The number of anilines is 1. The van der Waals surface area contributed by atoms with Gasteiger partial charge in [0, 0.05) is 37.5 Å². The molecule has 1 saturated heterocycles. The molecule has 28 heavy (non-hydrogen) atoms. The van der Waals surface area contributed by atoms with Gasteiger partial charge in [-0.2, -0.15) is 0 Å². The lowest BCUT2D eigenvalue weighted by atomic mass is 10.1. The second-order valence-corrected chi connectivity index (χ2v) is 8.11. The summed E-state index contributed by atoms with van der Waals surface area (Å²) in [4.78, 5) is 31.5. The van der Waals surface area contributed by atoms with Crippen LogP contribution in [0.4, 0.5) is 11.4 Å². The van der Waals surface area contributed by atoms with Crippen LogP contribution in [-0.4, -0.2) is 45.9 Å². The first-order valence-corrected chi connectivity index (χ1v) is 10.4. The topological polar surface area (TPSA) is 79.0 Å². The number of rotatable bonds is 4. The van der Waals surface area contributed by atoms with Crippen LogP contribution in [0.3, 0.4) is 0 Å². The van der Waals surface area contributed by atoms with Crippen molar-refractivity contribution in [1.82, 2.24) is 4.90 Å². The maximum absolute atomic E-state index is 12.4. The third-order valence-corrected chi connectivity index (χ3v) is 6.32. The number of nitro groups is 1. The molecule has 1 atom stereocenters. The molecule has 3 rings (SSSR count). The van der Waals surface area contributed by atoms with Crippen molar-refractivity contribution in [1.29, 1.82) is 0 Å². The van der Waals surface area contributed by atoms with Gasteiger partial charge >= 0.3 is 0 Å². The largest absolute Gasteiger partial charge is 0.333 e. The molecule has 0 N–H and O–H groups in total. The smallest absolute Gasteiger partial charge is 0.269 e. The molecule has 1 saturated carbocycles. The second-order valence-electron chi connectivity index (χ2n) is 7.12. The number of benzene rings is 1. The fraction of sp³-hybridized carbons (Fsp3) is 0.579. The Kier molecular flexibility index (Phi) is 8.12. The number of hydrogen-bond acceptors (Lipinski definition) is 5. The summed E-state index contributed by atoms with van der Waals surface area (Å²) in [6.45, 7) is 1.53. The number of carbonyl (C=O) groups is 1. The first kappa shape index (κ1) is 22.5. The molecule has 1 aromatic carbocycles. The van der Waals surface area contributed by atoms with E-state index in [2.05, 4.69) is 4.90 Å². The zero-order valence-electron chi connectivity index (χ0n) is 16.2. The van der Waals surface area contributed by atoms with E-state index in [0.29, 0.717) is 11.7 Å². The number of nitrogens with zero attached hydrogens (tertiary/aromatic N) is 4. The quantitative estimate of drug-likeness (QED) is 0.403. The standard InChI is InChI=1S/C19H26N4O3S.ClH/c1-14(24)22(16-9-11-17(12-10-16)23(25)26)18-13-27-19(21(18)2)20-15-7-5-3-4-6-8-15;/h9-12,15,18H,3-8,13H2,1-2H3;1H. The van der Waals surface area contributed by atoms with Gasteiger partial charge in [-0.15, -0.1) is 12.4 Å². The van der Waals surface area contributed by atoms with Gasteiger partial charge in [-0.05, 0) is 25.0 Å². The molecule has 2 aliphatic rings. The predicted molar refractivity (Wildman–Crippen MR) is 116 cm³/mol. The Hall–Kier alpha value is -1.80. The fourth-order valence-corrected chi connectivity index (χ4v) is 4.93. The summed E-state index contributed by atoms with van der Waals surface area (Å²) in [5.74, 6) is 0.649. The molecule has 1 heterocycles. The highest BCUT2D eigenvalue weighted by Crippen LogP contribution is 2.31. The van der Waals surface area contributed by atoms with Crippen LogP contribution in [0.15, 0.2) is 29.3 Å². The van der Waals surface area contributed by atoms with Crippen molar-refractivity contribution in [2.24, 2.45) is 4.99 Å². The Balaban J connectivity index is 0.00000280. The molecule has 0 aromatic heterocycles. The summed E-state index contributed by atoms with van der Waals surface area (Å²) in [5, 5.41) is 11.9. The highest BCUT2D eigenvalue weighted by Gasteiger charge is 2.35. The Morgan fingerprint density at radius 3 is 2.36 bits per heavy atom. The van der Waals surface area contributed by atoms with Gasteiger partial charge in [0.05, 0.1) is 11.0 Å². The van der Waals surface area contributed by atoms with Gasteiger partial charge in [-0.25, -0.2) is 0 Å². The Labute approximate surface area is 176 Å². The van der Waals surface area contributed by atoms with E-state index in [9.17, 15) is 14.9 Å². The Morgan fingerprint density at radius 2 is 1.82 bits per heavy atom. The van der Waals surface area contributed by atoms with E-state index in [1.807, 2.05) is 7.05 Å². The maximum Gasteiger partial charge on any atom is 0.269 e. The Bertz CT molecular complexity index is 720. The van der Waals surface area contributed by atoms with Crippen molar-refractivity contribution in [2.75, 3.05) is 17.7 Å². The number of aliphatic imine (C=N–C) groups is 1. The van der Waals surface area contributed by atoms with Crippen molar-refractivity contribution < 1.29 is 9.72 Å². The van der Waals surface area contributed by atoms with Crippen LogP contribution in [-0.2, 0) is 4.79 Å². The number of carbonyl (C=O) groups excluding carboxylic acids is 1. The van der Waals surface area contributed by atoms with E-state index < -0.39 is 4.92 Å². The van der Waals surface area contributed by atoms with Crippen LogP contribution >= 0.6 is 24.2 Å². The summed E-state index contributed by atoms with van der Waals surface area (Å²) in [6.07, 6.45) is 7.21. The van der Waals surface area contributed by atoms with Crippen LogP contribution in [0, 0.1) is 10.1 Å². The van der Waals surface area contributed by atoms with Crippen LogP contribution in [0.5, 0.6) is 0 Å². The summed E-state index contributed by atoms with van der Waals surface area (Å²) < 4.78 is 0. The normalized spacial score (nSPS) is 21.9. The number of thioether (sulfide) groups is 1. The van der Waals surface area contributed by atoms with Crippen LogP contribution in [0.25, 0.3) is 0 Å². The van der Waals surface area contributed by atoms with Gasteiger partial charge in [0.15, 0.2) is 5.17 Å². The van der Waals surface area contributed by atoms with Crippen molar-refractivity contribution in [3.63, 3.8) is 0 Å². The fourth-order valence-electron chi connectivity index (χ4n) is 3.71. The lowest BCUT2D eigenvalue weighted by Gasteiger charge is -2.33. The zero-order chi connectivity index (χ0) is 19.4. The van der Waals surface area contributed by atoms with Crippen LogP contribution in [0.1, 0.15) is 45.4 Å². The SMILES string of the molecule is CC(=O)N(c1ccc([N+](=O)[O-])cc1)C1CSC(=NC2CCCCCC2)N1C.Cl. The number of amides is 1. The van der Waals surface area contributed by atoms with Gasteiger partial charge in [0.25, 0.3) is 5.69 Å². The van der Waals surface area contributed by atoms with Gasteiger partial charge < -0.3 is 4.90 Å². The number of non-ortho nitro benzene ring substituents is 1. The monoisotopic (exact) mass is 426 g/mol. The molecule has 1 aliphatic carbocycles. The summed E-state index contributed by atoms with van der Waals surface area (Å²) in [5.41, 5.74) is 0.688. The zero-order valence-corrected chi connectivity index (χ0v) is 17.9. The molecule has 0 radical (unpaired) electrons. The third kappa shape index (κ3) is 5.17. The van der Waals surface area contributed by atoms with Crippen molar-refractivity contribution in [3.05, 3.63) is 34.4 Å². The van der Waals surface area contributed by atoms with Crippen LogP contribution in [0.2, 0.25) is 0 Å². The summed E-state index contributed by atoms with van der Waals surface area (Å²) >= 11 is 1.68. The van der Waals surface area contributed by atoms with E-state index in [1.54, 1.807) is 28.8 Å². The minimum absolute atomic E-state index is 0. The highest BCUT2D eigenvalue weighted by atomic mass is 35.5. The number of halogens is 1. The molecular formula is C19H27ClN4O3S. The third-order valence-electron chi connectivity index (χ3n) is 5.20. The van der Waals surface area contributed by atoms with E-state index in [0.717, 1.165) is 23.8 Å². The van der Waals surface area contributed by atoms with Crippen LogP contribution < -0.4 is 4.90 Å². The average Bonchev–Trinajstić information content (AvgIpc) is 2.85. The molecule has 1 amide bonds. The average molecular weight is 427 g/mol. The minimum Gasteiger partial charge on any atom is -0.333 e. The Morgan fingerprint density at radius 1 is 1.21 bits per heavy atom. The van der Waals surface area contributed by atoms with Gasteiger partial charge in [-0.3, -0.25) is 24.8 Å². The van der Waals surface area contributed by atoms with E-state index in [1.165, 1.54) is 44.7 Å². The van der Waals surface area contributed by atoms with Crippen molar-refractivity contribution in [2.45, 2.75) is 57.7 Å². The second kappa shape index (κ2) is 10.1. The van der Waals surface area contributed by atoms with E-state index in [-0.39, 0.29) is 30.2 Å². The number of amidine groups is 1. The molecule has 1 unspecified atom stereocenters. The molecular weight excluding hydrogens is 400 g/mol. The van der Waals surface area contributed by atoms with Gasteiger partial charge in [-0.1, -0.05) is 37.4 Å². The van der Waals surface area contributed by atoms with Crippen molar-refractivity contribution in [3.8, 4) is 0 Å². The molecule has 7 nitrogen and oxygen atoms in total. The minimum atomic E-state index is -0.434. The van der Waals surface area contributed by atoms with Gasteiger partial charge in [0.1, 0.15) is 6.17 Å². The molecule has 0 bridgehead atoms. The van der Waals surface area contributed by atoms with Crippen molar-refractivity contribution >= 4 is 46.6 Å². The van der Waals surface area contributed by atoms with E-state index >= 15 is 0 Å². The number of nitro benzene ring substituents is 1. The maximum atomic E-state index is 12.4. The molecule has 2 fully saturated rings. The lowest BCUT2D eigenvalue weighted by Crippen LogP contribution is -2.48. The first-order chi connectivity index (χ1) is 13.0. The lowest BCUT2D eigenvalue weighted by molar-refractivity contribution is -0.384. The first-order valence-electron chi connectivity index (χ1n) is 9.45. The summed E-state index contributed by atoms with van der Waals surface area (Å²) in [7, 11) is 1.97. The molecule has 1 aromatic rings. The molecule has 1 aliphatic heterocycles. The highest BCUT2D eigenvalue weighted by molar-refractivity contribution is 8.14. The summed E-state index contributed by atoms with van der Waals surface area (Å²) in [6, 6.07) is 6.53. The van der Waals surface area contributed by atoms with Gasteiger partial charge in [0.2, 0.25) is 5.91 Å².